The molecule has 0 bridgehead atoms. The molecule has 0 fully saturated rings. The highest BCUT2D eigenvalue weighted by Gasteiger charge is 2.05. The maximum atomic E-state index is 10.8. The minimum absolute atomic E-state index is 0.0401. The average molecular weight is 230 g/mol. The second kappa shape index (κ2) is 10.9. The Morgan fingerprint density at radius 1 is 1.19 bits per heavy atom. The summed E-state index contributed by atoms with van der Waals surface area (Å²) >= 11 is 0. The third-order valence-corrected chi connectivity index (χ3v) is 2.55. The zero-order chi connectivity index (χ0) is 12.2. The Kier molecular flexibility index (Phi) is 10.5. The molecule has 0 saturated heterocycles. The first-order valence-electron chi connectivity index (χ1n) is 6.32. The number of hydrogen-bond acceptors (Lipinski definition) is 4. The average Bonchev–Trinajstić information content (AvgIpc) is 2.30. The highest BCUT2D eigenvalue weighted by Crippen LogP contribution is 2.08. The third kappa shape index (κ3) is 9.93. The second-order valence-electron chi connectivity index (χ2n) is 4.20. The summed E-state index contributed by atoms with van der Waals surface area (Å²) in [6, 6.07) is -0.0401. The first-order valence-corrected chi connectivity index (χ1v) is 6.32. The molecule has 0 aromatic carbocycles. The normalized spacial score (nSPS) is 12.4. The molecule has 0 aromatic rings. The zero-order valence-electron chi connectivity index (χ0n) is 10.4. The lowest BCUT2D eigenvalue weighted by Crippen LogP contribution is -2.29. The van der Waals surface area contributed by atoms with Crippen molar-refractivity contribution in [2.24, 2.45) is 11.5 Å². The molecule has 96 valence electrons. The van der Waals surface area contributed by atoms with Gasteiger partial charge >= 0.3 is 5.97 Å². The van der Waals surface area contributed by atoms with Gasteiger partial charge in [-0.2, -0.15) is 0 Å². The lowest BCUT2D eigenvalue weighted by molar-refractivity contribution is -0.142. The van der Waals surface area contributed by atoms with Crippen molar-refractivity contribution in [3.8, 4) is 0 Å². The van der Waals surface area contributed by atoms with Gasteiger partial charge in [0, 0.05) is 6.04 Å². The topological polar surface area (TPSA) is 78.3 Å². The SMILES string of the molecule is CCCCCCCCC(N)COC(=O)CN. The van der Waals surface area contributed by atoms with E-state index >= 15 is 0 Å². The van der Waals surface area contributed by atoms with Crippen LogP contribution >= 0.6 is 0 Å². The number of rotatable bonds is 10. The molecular formula is C12H26N2O2. The van der Waals surface area contributed by atoms with E-state index in [4.69, 9.17) is 16.2 Å². The van der Waals surface area contributed by atoms with Gasteiger partial charge in [0.1, 0.15) is 6.61 Å². The molecule has 0 rings (SSSR count). The van der Waals surface area contributed by atoms with Crippen LogP contribution in [0.3, 0.4) is 0 Å². The third-order valence-electron chi connectivity index (χ3n) is 2.55. The second-order valence-corrected chi connectivity index (χ2v) is 4.20. The highest BCUT2D eigenvalue weighted by molar-refractivity contribution is 5.71. The number of hydrogen-bond donors (Lipinski definition) is 2. The monoisotopic (exact) mass is 230 g/mol. The van der Waals surface area contributed by atoms with Crippen LogP contribution in [0, 0.1) is 0 Å². The fraction of sp³-hybridized carbons (Fsp3) is 0.917. The van der Waals surface area contributed by atoms with Crippen molar-refractivity contribution in [1.29, 1.82) is 0 Å². The van der Waals surface area contributed by atoms with Gasteiger partial charge in [0.05, 0.1) is 6.54 Å². The van der Waals surface area contributed by atoms with Crippen LogP contribution in [0.2, 0.25) is 0 Å². The van der Waals surface area contributed by atoms with Gasteiger partial charge in [-0.3, -0.25) is 4.79 Å². The smallest absolute Gasteiger partial charge is 0.319 e. The Morgan fingerprint density at radius 2 is 1.81 bits per heavy atom. The summed E-state index contributed by atoms with van der Waals surface area (Å²) in [4.78, 5) is 10.8. The van der Waals surface area contributed by atoms with Gasteiger partial charge in [-0.15, -0.1) is 0 Å². The molecule has 0 heterocycles. The molecule has 1 atom stereocenters. The highest BCUT2D eigenvalue weighted by atomic mass is 16.5. The van der Waals surface area contributed by atoms with Crippen LogP contribution in [0.4, 0.5) is 0 Å². The van der Waals surface area contributed by atoms with Crippen LogP contribution in [-0.4, -0.2) is 25.2 Å². The van der Waals surface area contributed by atoms with Crippen molar-refractivity contribution in [2.75, 3.05) is 13.2 Å². The number of nitrogens with two attached hydrogens (primary N) is 2. The molecule has 4 N–H and O–H groups in total. The van der Waals surface area contributed by atoms with E-state index in [1.54, 1.807) is 0 Å². The van der Waals surface area contributed by atoms with E-state index in [2.05, 4.69) is 6.92 Å². The van der Waals surface area contributed by atoms with Crippen molar-refractivity contribution in [1.82, 2.24) is 0 Å². The molecule has 16 heavy (non-hydrogen) atoms. The van der Waals surface area contributed by atoms with E-state index in [0.29, 0.717) is 6.61 Å². The molecule has 0 aliphatic heterocycles. The van der Waals surface area contributed by atoms with Gasteiger partial charge in [-0.25, -0.2) is 0 Å². The van der Waals surface area contributed by atoms with E-state index in [9.17, 15) is 4.79 Å². The van der Waals surface area contributed by atoms with Crippen LogP contribution in [0.25, 0.3) is 0 Å². The van der Waals surface area contributed by atoms with Crippen molar-refractivity contribution in [3.05, 3.63) is 0 Å². The molecule has 1 unspecified atom stereocenters. The van der Waals surface area contributed by atoms with Crippen LogP contribution in [0.5, 0.6) is 0 Å². The number of carbonyl (C=O) groups excluding carboxylic acids is 1. The Bertz CT molecular complexity index is 174. The van der Waals surface area contributed by atoms with Gasteiger partial charge in [-0.05, 0) is 6.42 Å². The van der Waals surface area contributed by atoms with Crippen molar-refractivity contribution in [3.63, 3.8) is 0 Å². The quantitative estimate of drug-likeness (QED) is 0.441. The largest absolute Gasteiger partial charge is 0.463 e. The summed E-state index contributed by atoms with van der Waals surface area (Å²) in [5.41, 5.74) is 10.9. The molecule has 0 radical (unpaired) electrons. The minimum Gasteiger partial charge on any atom is -0.463 e. The van der Waals surface area contributed by atoms with Crippen LogP contribution in [0.1, 0.15) is 51.9 Å². The summed E-state index contributed by atoms with van der Waals surface area (Å²) in [5, 5.41) is 0. The number of carbonyl (C=O) groups is 1. The maximum Gasteiger partial charge on any atom is 0.319 e. The Hall–Kier alpha value is -0.610. The van der Waals surface area contributed by atoms with Gasteiger partial charge in [-0.1, -0.05) is 45.4 Å². The van der Waals surface area contributed by atoms with Crippen molar-refractivity contribution >= 4 is 5.97 Å². The molecular weight excluding hydrogens is 204 g/mol. The van der Waals surface area contributed by atoms with E-state index < -0.39 is 0 Å². The molecule has 0 spiro atoms. The molecule has 0 saturated carbocycles. The zero-order valence-corrected chi connectivity index (χ0v) is 10.4. The Morgan fingerprint density at radius 3 is 2.44 bits per heavy atom. The summed E-state index contributed by atoms with van der Waals surface area (Å²) in [5.74, 6) is -0.376. The van der Waals surface area contributed by atoms with Crippen molar-refractivity contribution < 1.29 is 9.53 Å². The standard InChI is InChI=1S/C12H26N2O2/c1-2-3-4-5-6-7-8-11(14)10-16-12(15)9-13/h11H,2-10,13-14H2,1H3. The fourth-order valence-electron chi connectivity index (χ4n) is 1.53. The van der Waals surface area contributed by atoms with Crippen LogP contribution < -0.4 is 11.5 Å². The molecule has 0 amide bonds. The summed E-state index contributed by atoms with van der Waals surface area (Å²) in [6.07, 6.45) is 8.44. The van der Waals surface area contributed by atoms with Gasteiger partial charge in [0.2, 0.25) is 0 Å². The summed E-state index contributed by atoms with van der Waals surface area (Å²) in [7, 11) is 0. The molecule has 4 nitrogen and oxygen atoms in total. The molecule has 0 aliphatic carbocycles. The first kappa shape index (κ1) is 15.4. The van der Waals surface area contributed by atoms with E-state index in [-0.39, 0.29) is 18.6 Å². The Balaban J connectivity index is 3.23. The van der Waals surface area contributed by atoms with Gasteiger partial charge in [0.25, 0.3) is 0 Å². The van der Waals surface area contributed by atoms with Gasteiger partial charge < -0.3 is 16.2 Å². The van der Waals surface area contributed by atoms with Crippen LogP contribution in [-0.2, 0) is 9.53 Å². The van der Waals surface area contributed by atoms with E-state index in [0.717, 1.165) is 12.8 Å². The summed E-state index contributed by atoms with van der Waals surface area (Å²) in [6.45, 7) is 2.44. The van der Waals surface area contributed by atoms with E-state index in [1.165, 1.54) is 32.1 Å². The number of unbranched alkanes of at least 4 members (excludes halogenated alkanes) is 5. The lowest BCUT2D eigenvalue weighted by atomic mass is 10.1. The predicted molar refractivity (Wildman–Crippen MR) is 66.0 cm³/mol. The molecule has 0 aromatic heterocycles. The Labute approximate surface area is 98.7 Å². The number of esters is 1. The van der Waals surface area contributed by atoms with Crippen LogP contribution in [0.15, 0.2) is 0 Å². The first-order chi connectivity index (χ1) is 7.70. The lowest BCUT2D eigenvalue weighted by Gasteiger charge is -2.11. The van der Waals surface area contributed by atoms with Gasteiger partial charge in [0.15, 0.2) is 0 Å². The van der Waals surface area contributed by atoms with E-state index in [1.807, 2.05) is 0 Å². The maximum absolute atomic E-state index is 10.8. The summed E-state index contributed by atoms with van der Waals surface area (Å²) < 4.78 is 4.86. The number of ether oxygens (including phenoxy) is 1. The predicted octanol–water partition coefficient (Wildman–Crippen LogP) is 1.57. The van der Waals surface area contributed by atoms with Crippen molar-refractivity contribution in [2.45, 2.75) is 57.9 Å². The molecule has 4 heteroatoms. The minimum atomic E-state index is -0.376. The molecule has 0 aliphatic rings. The fourth-order valence-corrected chi connectivity index (χ4v) is 1.53.